The summed E-state index contributed by atoms with van der Waals surface area (Å²) in [5.41, 5.74) is 3.93. The smallest absolute Gasteiger partial charge is 0.262 e. The molecule has 1 aliphatic rings. The minimum absolute atomic E-state index is 0.0753. The van der Waals surface area contributed by atoms with Crippen LogP contribution in [0.1, 0.15) is 28.6 Å². The van der Waals surface area contributed by atoms with E-state index in [0.717, 1.165) is 34.8 Å². The van der Waals surface area contributed by atoms with Crippen LogP contribution in [0.2, 0.25) is 0 Å². The number of carbonyl (C=O) groups is 1. The number of aromatic nitrogens is 1. The Hall–Kier alpha value is -3.04. The number of nitrogens with one attached hydrogen (secondary N) is 1. The molecule has 27 heavy (non-hydrogen) atoms. The maximum atomic E-state index is 12.6. The summed E-state index contributed by atoms with van der Waals surface area (Å²) in [5.74, 6) is 0.372. The number of ether oxygens (including phenoxy) is 2. The first-order valence-electron chi connectivity index (χ1n) is 8.85. The second kappa shape index (κ2) is 8.11. The number of aryl methyl sites for hydroxylation is 1. The molecule has 0 aliphatic carbocycles. The van der Waals surface area contributed by atoms with Crippen LogP contribution in [-0.4, -0.2) is 30.8 Å². The Morgan fingerprint density at radius 3 is 2.96 bits per heavy atom. The third-order valence-corrected chi connectivity index (χ3v) is 4.80. The van der Waals surface area contributed by atoms with Crippen LogP contribution >= 0.6 is 0 Å². The molecule has 2 heterocycles. The number of fused-ring (bicyclic) bond motifs is 1. The van der Waals surface area contributed by atoms with Gasteiger partial charge in [0.2, 0.25) is 0 Å². The van der Waals surface area contributed by atoms with Crippen LogP contribution < -0.4 is 10.1 Å². The molecule has 6 heteroatoms. The summed E-state index contributed by atoms with van der Waals surface area (Å²) in [6, 6.07) is 11.3. The molecule has 1 aromatic heterocycles. The van der Waals surface area contributed by atoms with Gasteiger partial charge in [0.25, 0.3) is 5.91 Å². The maximum Gasteiger partial charge on any atom is 0.262 e. The predicted molar refractivity (Wildman–Crippen MR) is 102 cm³/mol. The van der Waals surface area contributed by atoms with Crippen molar-refractivity contribution in [1.29, 1.82) is 5.26 Å². The van der Waals surface area contributed by atoms with Gasteiger partial charge >= 0.3 is 0 Å². The molecule has 140 valence electrons. The highest BCUT2D eigenvalue weighted by atomic mass is 16.5. The van der Waals surface area contributed by atoms with Crippen LogP contribution in [0.5, 0.6) is 5.75 Å². The monoisotopic (exact) mass is 365 g/mol. The number of methoxy groups -OCH3 is 1. The lowest BCUT2D eigenvalue weighted by Gasteiger charge is -2.11. The normalized spacial score (nSPS) is 15.8. The van der Waals surface area contributed by atoms with Gasteiger partial charge in [0, 0.05) is 30.6 Å². The quantitative estimate of drug-likeness (QED) is 0.631. The highest BCUT2D eigenvalue weighted by molar-refractivity contribution is 6.02. The number of amides is 1. The summed E-state index contributed by atoms with van der Waals surface area (Å²) in [7, 11) is 1.66. The molecule has 0 radical (unpaired) electrons. The van der Waals surface area contributed by atoms with Crippen LogP contribution in [-0.2, 0) is 16.1 Å². The third kappa shape index (κ3) is 3.88. The van der Waals surface area contributed by atoms with E-state index in [-0.39, 0.29) is 11.6 Å². The number of hydrogen-bond donors (Lipinski definition) is 1. The number of benzene rings is 1. The zero-order chi connectivity index (χ0) is 19.4. The molecule has 6 nitrogen and oxygen atoms in total. The van der Waals surface area contributed by atoms with Crippen molar-refractivity contribution in [1.82, 2.24) is 9.88 Å². The van der Waals surface area contributed by atoms with Gasteiger partial charge < -0.3 is 19.4 Å². The minimum atomic E-state index is -0.399. The first-order chi connectivity index (χ1) is 13.0. The summed E-state index contributed by atoms with van der Waals surface area (Å²) >= 11 is 0. The zero-order valence-corrected chi connectivity index (χ0v) is 15.8. The summed E-state index contributed by atoms with van der Waals surface area (Å²) < 4.78 is 12.8. The van der Waals surface area contributed by atoms with E-state index in [4.69, 9.17) is 9.47 Å². The van der Waals surface area contributed by atoms with Gasteiger partial charge in [0.05, 0.1) is 12.6 Å². The van der Waals surface area contributed by atoms with Crippen molar-refractivity contribution in [3.8, 4) is 11.8 Å². The number of rotatable bonds is 6. The molecule has 3 rings (SSSR count). The molecule has 0 saturated carbocycles. The number of para-hydroxylation sites is 1. The van der Waals surface area contributed by atoms with E-state index in [1.807, 2.05) is 50.2 Å². The Labute approximate surface area is 159 Å². The van der Waals surface area contributed by atoms with Crippen molar-refractivity contribution in [2.45, 2.75) is 26.4 Å². The lowest BCUT2D eigenvalue weighted by molar-refractivity contribution is -0.117. The highest BCUT2D eigenvalue weighted by Crippen LogP contribution is 2.31. The SMILES string of the molecule is COCCn1c(C)cc(C=C(C#N)C(=O)NC2COc3ccccc32)c1C. The number of hydrogen-bond acceptors (Lipinski definition) is 4. The van der Waals surface area contributed by atoms with Crippen molar-refractivity contribution in [3.05, 3.63) is 58.4 Å². The van der Waals surface area contributed by atoms with Crippen molar-refractivity contribution < 1.29 is 14.3 Å². The fraction of sp³-hybridized carbons (Fsp3) is 0.333. The van der Waals surface area contributed by atoms with Gasteiger partial charge in [0.15, 0.2) is 0 Å². The van der Waals surface area contributed by atoms with Crippen molar-refractivity contribution in [3.63, 3.8) is 0 Å². The predicted octanol–water partition coefficient (Wildman–Crippen LogP) is 2.91. The summed E-state index contributed by atoms with van der Waals surface area (Å²) in [6.45, 7) is 5.68. The molecule has 2 aromatic rings. The van der Waals surface area contributed by atoms with Gasteiger partial charge in [-0.3, -0.25) is 4.79 Å². The van der Waals surface area contributed by atoms with E-state index in [1.165, 1.54) is 0 Å². The fourth-order valence-corrected chi connectivity index (χ4v) is 3.32. The lowest BCUT2D eigenvalue weighted by atomic mass is 10.1. The topological polar surface area (TPSA) is 76.3 Å². The molecule has 1 N–H and O–H groups in total. The van der Waals surface area contributed by atoms with E-state index in [1.54, 1.807) is 13.2 Å². The lowest BCUT2D eigenvalue weighted by Crippen LogP contribution is -2.30. The molecule has 1 aromatic carbocycles. The molecule has 0 saturated heterocycles. The summed E-state index contributed by atoms with van der Waals surface area (Å²) in [4.78, 5) is 12.6. The Kier molecular flexibility index (Phi) is 5.63. The Balaban J connectivity index is 1.79. The summed E-state index contributed by atoms with van der Waals surface area (Å²) in [5, 5.41) is 12.4. The van der Waals surface area contributed by atoms with Gasteiger partial charge in [-0.15, -0.1) is 0 Å². The first-order valence-corrected chi connectivity index (χ1v) is 8.85. The van der Waals surface area contributed by atoms with Gasteiger partial charge in [-0.1, -0.05) is 18.2 Å². The largest absolute Gasteiger partial charge is 0.491 e. The third-order valence-electron chi connectivity index (χ3n) is 4.80. The van der Waals surface area contributed by atoms with E-state index >= 15 is 0 Å². The van der Waals surface area contributed by atoms with Crippen LogP contribution in [0, 0.1) is 25.2 Å². The second-order valence-corrected chi connectivity index (χ2v) is 6.52. The second-order valence-electron chi connectivity index (χ2n) is 6.52. The van der Waals surface area contributed by atoms with Crippen LogP contribution in [0.25, 0.3) is 6.08 Å². The number of nitrogens with zero attached hydrogens (tertiary/aromatic N) is 2. The Morgan fingerprint density at radius 1 is 1.44 bits per heavy atom. The van der Waals surface area contributed by atoms with E-state index in [0.29, 0.717) is 13.2 Å². The molecule has 1 aliphatic heterocycles. The van der Waals surface area contributed by atoms with E-state index in [2.05, 4.69) is 9.88 Å². The van der Waals surface area contributed by atoms with Gasteiger partial charge in [0.1, 0.15) is 24.0 Å². The average molecular weight is 365 g/mol. The number of nitriles is 1. The molecule has 1 atom stereocenters. The van der Waals surface area contributed by atoms with E-state index < -0.39 is 5.91 Å². The number of carbonyl (C=O) groups excluding carboxylic acids is 1. The van der Waals surface area contributed by atoms with Gasteiger partial charge in [-0.05, 0) is 37.6 Å². The Morgan fingerprint density at radius 2 is 2.22 bits per heavy atom. The van der Waals surface area contributed by atoms with Crippen molar-refractivity contribution in [2.75, 3.05) is 20.3 Å². The molecule has 0 bridgehead atoms. The van der Waals surface area contributed by atoms with Crippen LogP contribution in [0.3, 0.4) is 0 Å². The van der Waals surface area contributed by atoms with Crippen molar-refractivity contribution >= 4 is 12.0 Å². The first kappa shape index (κ1) is 18.7. The van der Waals surface area contributed by atoms with Gasteiger partial charge in [-0.25, -0.2) is 0 Å². The zero-order valence-electron chi connectivity index (χ0n) is 15.8. The highest BCUT2D eigenvalue weighted by Gasteiger charge is 2.26. The average Bonchev–Trinajstić information content (AvgIpc) is 3.19. The molecule has 0 spiro atoms. The molecular formula is C21H23N3O3. The van der Waals surface area contributed by atoms with Crippen LogP contribution in [0.15, 0.2) is 35.9 Å². The molecule has 1 unspecified atom stereocenters. The fourth-order valence-electron chi connectivity index (χ4n) is 3.32. The van der Waals surface area contributed by atoms with E-state index in [9.17, 15) is 10.1 Å². The van der Waals surface area contributed by atoms with Gasteiger partial charge in [-0.2, -0.15) is 5.26 Å². The van der Waals surface area contributed by atoms with Crippen LogP contribution in [0.4, 0.5) is 0 Å². The standard InChI is InChI=1S/C21H23N3O3/c1-14-10-16(15(2)24(14)8-9-26-3)11-17(12-22)21(25)23-19-13-27-20-7-5-4-6-18(19)20/h4-7,10-11,19H,8-9,13H2,1-3H3,(H,23,25). The maximum absolute atomic E-state index is 12.6. The van der Waals surface area contributed by atoms with Crippen molar-refractivity contribution in [2.24, 2.45) is 0 Å². The molecule has 0 fully saturated rings. The molecule has 1 amide bonds. The summed E-state index contributed by atoms with van der Waals surface area (Å²) in [6.07, 6.45) is 1.64. The molecular weight excluding hydrogens is 342 g/mol. The Bertz CT molecular complexity index is 921. The minimum Gasteiger partial charge on any atom is -0.491 e.